The molecule has 2 aliphatic rings. The van der Waals surface area contributed by atoms with Gasteiger partial charge >= 0.3 is 0 Å². The van der Waals surface area contributed by atoms with Gasteiger partial charge in [-0.3, -0.25) is 0 Å². The van der Waals surface area contributed by atoms with Crippen LogP contribution in [-0.4, -0.2) is 11.3 Å². The molecule has 0 N–H and O–H groups in total. The van der Waals surface area contributed by atoms with Gasteiger partial charge in [0.2, 0.25) is 0 Å². The number of unbranched alkanes of at least 4 members (excludes halogenated alkanes) is 2. The second-order valence-electron chi connectivity index (χ2n) is 4.96. The van der Waals surface area contributed by atoms with Crippen LogP contribution >= 0.6 is 0 Å². The van der Waals surface area contributed by atoms with Gasteiger partial charge in [-0.2, -0.15) is 5.06 Å². The fraction of sp³-hybridized carbons (Fsp3) is 0.533. The summed E-state index contributed by atoms with van der Waals surface area (Å²) in [6.07, 6.45) is 8.65. The van der Waals surface area contributed by atoms with Crippen molar-refractivity contribution in [3.63, 3.8) is 0 Å². The largest absolute Gasteiger partial charge is 0.380 e. The van der Waals surface area contributed by atoms with Crippen molar-refractivity contribution < 1.29 is 9.63 Å². The van der Waals surface area contributed by atoms with Crippen LogP contribution in [0.3, 0.4) is 0 Å². The zero-order valence-corrected chi connectivity index (χ0v) is 10.9. The van der Waals surface area contributed by atoms with Gasteiger partial charge in [0.1, 0.15) is 12.0 Å². The molecule has 1 saturated carbocycles. The van der Waals surface area contributed by atoms with E-state index in [-0.39, 0.29) is 0 Å². The first-order valence-corrected chi connectivity index (χ1v) is 6.70. The van der Waals surface area contributed by atoms with E-state index in [1.54, 1.807) is 5.06 Å². The Morgan fingerprint density at radius 1 is 1.17 bits per heavy atom. The number of rotatable bonds is 7. The summed E-state index contributed by atoms with van der Waals surface area (Å²) in [5.41, 5.74) is 3.40. The molecule has 1 aliphatic heterocycles. The highest BCUT2D eigenvalue weighted by Crippen LogP contribution is 2.37. The lowest BCUT2D eigenvalue weighted by atomic mass is 10.2. The Balaban J connectivity index is 1.88. The Hall–Kier alpha value is -1.51. The number of carbonyl (C=O) groups is 1. The first-order valence-electron chi connectivity index (χ1n) is 6.70. The van der Waals surface area contributed by atoms with Crippen molar-refractivity contribution in [2.75, 3.05) is 0 Å². The van der Waals surface area contributed by atoms with E-state index >= 15 is 0 Å². The Bertz CT molecular complexity index is 373. The number of nitrogens with zero attached hydrogens (tertiary/aromatic N) is 1. The summed E-state index contributed by atoms with van der Waals surface area (Å²) >= 11 is 0. The van der Waals surface area contributed by atoms with Crippen LogP contribution in [0.2, 0.25) is 0 Å². The molecule has 1 heterocycles. The number of hydrogen-bond acceptors (Lipinski definition) is 3. The third-order valence-corrected chi connectivity index (χ3v) is 3.35. The summed E-state index contributed by atoms with van der Waals surface area (Å²) in [5, 5.41) is 1.79. The summed E-state index contributed by atoms with van der Waals surface area (Å²) in [6.45, 7) is 8.00. The second-order valence-corrected chi connectivity index (χ2v) is 4.96. The maximum atomic E-state index is 10.3. The third kappa shape index (κ3) is 3.25. The minimum atomic E-state index is 0.645. The molecule has 0 amide bonds. The molecular weight excluding hydrogens is 226 g/mol. The lowest BCUT2D eigenvalue weighted by Gasteiger charge is -2.22. The molecule has 3 heteroatoms. The lowest BCUT2D eigenvalue weighted by molar-refractivity contribution is -0.108. The van der Waals surface area contributed by atoms with Crippen LogP contribution in [-0.2, 0) is 9.63 Å². The number of hydroxylamine groups is 2. The van der Waals surface area contributed by atoms with E-state index in [4.69, 9.17) is 4.84 Å². The van der Waals surface area contributed by atoms with Crippen LogP contribution in [0, 0.1) is 0 Å². The Morgan fingerprint density at radius 3 is 2.39 bits per heavy atom. The van der Waals surface area contributed by atoms with E-state index in [1.807, 2.05) is 0 Å². The van der Waals surface area contributed by atoms with Gasteiger partial charge in [-0.25, -0.2) is 0 Å². The molecule has 0 unspecified atom stereocenters. The molecule has 0 aromatic carbocycles. The standard InChI is InChI=1S/C15H21NO2/c1-12-7-8-13(2)16(12)18-15(14-9-10-14)6-4-3-5-11-17/h11H,1-10H2. The van der Waals surface area contributed by atoms with E-state index in [0.29, 0.717) is 6.42 Å². The first-order chi connectivity index (χ1) is 8.72. The van der Waals surface area contributed by atoms with Gasteiger partial charge in [-0.15, -0.1) is 0 Å². The first kappa shape index (κ1) is 12.9. The molecule has 1 saturated heterocycles. The minimum Gasteiger partial charge on any atom is -0.380 e. The fourth-order valence-corrected chi connectivity index (χ4v) is 2.10. The summed E-state index contributed by atoms with van der Waals surface area (Å²) in [5.74, 6) is 1.07. The molecule has 0 atom stereocenters. The van der Waals surface area contributed by atoms with Crippen LogP contribution in [0.15, 0.2) is 35.9 Å². The molecule has 2 rings (SSSR count). The van der Waals surface area contributed by atoms with Crippen molar-refractivity contribution in [1.29, 1.82) is 0 Å². The Morgan fingerprint density at radius 2 is 1.83 bits per heavy atom. The summed E-state index contributed by atoms with van der Waals surface area (Å²) in [4.78, 5) is 16.3. The highest BCUT2D eigenvalue weighted by Gasteiger charge is 2.26. The zero-order valence-electron chi connectivity index (χ0n) is 10.9. The van der Waals surface area contributed by atoms with E-state index in [9.17, 15) is 4.79 Å². The quantitative estimate of drug-likeness (QED) is 0.389. The molecule has 0 aromatic rings. The summed E-state index contributed by atoms with van der Waals surface area (Å²) < 4.78 is 0. The molecule has 2 fully saturated rings. The van der Waals surface area contributed by atoms with Crippen molar-refractivity contribution in [2.24, 2.45) is 0 Å². The van der Waals surface area contributed by atoms with Crippen molar-refractivity contribution in [1.82, 2.24) is 5.06 Å². The highest BCUT2D eigenvalue weighted by atomic mass is 16.7. The molecular formula is C15H21NO2. The Labute approximate surface area is 109 Å². The van der Waals surface area contributed by atoms with Gasteiger partial charge in [0.15, 0.2) is 0 Å². The number of aldehydes is 1. The van der Waals surface area contributed by atoms with Crippen LogP contribution in [0.5, 0.6) is 0 Å². The number of allylic oxidation sites excluding steroid dienone is 4. The molecule has 0 spiro atoms. The number of hydrogen-bond donors (Lipinski definition) is 0. The Kier molecular flexibility index (Phi) is 4.24. The molecule has 18 heavy (non-hydrogen) atoms. The maximum absolute atomic E-state index is 10.3. The van der Waals surface area contributed by atoms with Crippen LogP contribution < -0.4 is 0 Å². The predicted octanol–water partition coefficient (Wildman–Crippen LogP) is 3.85. The molecule has 0 aromatic heterocycles. The summed E-state index contributed by atoms with van der Waals surface area (Å²) in [6, 6.07) is 0. The second kappa shape index (κ2) is 5.89. The topological polar surface area (TPSA) is 29.5 Å². The van der Waals surface area contributed by atoms with Crippen molar-refractivity contribution in [2.45, 2.75) is 51.4 Å². The molecule has 98 valence electrons. The lowest BCUT2D eigenvalue weighted by Crippen LogP contribution is -2.15. The predicted molar refractivity (Wildman–Crippen MR) is 71.2 cm³/mol. The van der Waals surface area contributed by atoms with Gasteiger partial charge in [-0.05, 0) is 44.1 Å². The van der Waals surface area contributed by atoms with E-state index in [2.05, 4.69) is 13.2 Å². The monoisotopic (exact) mass is 247 g/mol. The van der Waals surface area contributed by atoms with Crippen LogP contribution in [0.4, 0.5) is 0 Å². The fourth-order valence-electron chi connectivity index (χ4n) is 2.10. The SMILES string of the molecule is C=C1CCC(=C)N1OC(CCCCC=O)=C1CC1. The van der Waals surface area contributed by atoms with Crippen LogP contribution in [0.1, 0.15) is 51.4 Å². The maximum Gasteiger partial charge on any atom is 0.132 e. The third-order valence-electron chi connectivity index (χ3n) is 3.35. The van der Waals surface area contributed by atoms with E-state index in [0.717, 1.165) is 68.4 Å². The van der Waals surface area contributed by atoms with Gasteiger partial charge in [0, 0.05) is 12.8 Å². The van der Waals surface area contributed by atoms with E-state index < -0.39 is 0 Å². The van der Waals surface area contributed by atoms with Crippen molar-refractivity contribution >= 4 is 6.29 Å². The van der Waals surface area contributed by atoms with Gasteiger partial charge in [0.05, 0.1) is 11.4 Å². The average molecular weight is 247 g/mol. The highest BCUT2D eigenvalue weighted by molar-refractivity contribution is 5.48. The molecule has 1 aliphatic carbocycles. The molecule has 0 radical (unpaired) electrons. The van der Waals surface area contributed by atoms with Crippen molar-refractivity contribution in [3.05, 3.63) is 35.9 Å². The normalized spacial score (nSPS) is 18.2. The molecule has 0 bridgehead atoms. The smallest absolute Gasteiger partial charge is 0.132 e. The van der Waals surface area contributed by atoms with Crippen molar-refractivity contribution in [3.8, 4) is 0 Å². The van der Waals surface area contributed by atoms with Gasteiger partial charge in [0.25, 0.3) is 0 Å². The zero-order chi connectivity index (χ0) is 13.0. The average Bonchev–Trinajstić information content (AvgIpc) is 3.15. The van der Waals surface area contributed by atoms with Gasteiger partial charge < -0.3 is 9.63 Å². The minimum absolute atomic E-state index is 0.645. The van der Waals surface area contributed by atoms with Gasteiger partial charge in [-0.1, -0.05) is 13.2 Å². The van der Waals surface area contributed by atoms with Crippen LogP contribution in [0.25, 0.3) is 0 Å². The molecule has 3 nitrogen and oxygen atoms in total. The number of carbonyl (C=O) groups excluding carboxylic acids is 1. The summed E-state index contributed by atoms with van der Waals surface area (Å²) in [7, 11) is 0. The van der Waals surface area contributed by atoms with E-state index in [1.165, 1.54) is 5.57 Å².